The maximum Gasteiger partial charge on any atom is 0.0533 e. The molecule has 0 bridgehead atoms. The van der Waals surface area contributed by atoms with Crippen molar-refractivity contribution in [1.29, 1.82) is 0 Å². The summed E-state index contributed by atoms with van der Waals surface area (Å²) in [6, 6.07) is 6.11. The lowest BCUT2D eigenvalue weighted by Crippen LogP contribution is -1.94. The first kappa shape index (κ1) is 10.3. The molecular weight excluding hydrogens is 204 g/mol. The Hall–Kier alpha value is -1.22. The highest BCUT2D eigenvalue weighted by atomic mass is 32.2. The van der Waals surface area contributed by atoms with Gasteiger partial charge in [-0.3, -0.25) is 4.98 Å². The zero-order chi connectivity index (χ0) is 10.8. The van der Waals surface area contributed by atoms with Gasteiger partial charge in [0.25, 0.3) is 0 Å². The van der Waals surface area contributed by atoms with Gasteiger partial charge in [0.15, 0.2) is 0 Å². The minimum absolute atomic E-state index is 0.548. The van der Waals surface area contributed by atoms with Crippen LogP contribution in [0.25, 0.3) is 10.8 Å². The Labute approximate surface area is 93.9 Å². The minimum atomic E-state index is 0.548. The van der Waals surface area contributed by atoms with Gasteiger partial charge in [0.05, 0.1) is 5.69 Å². The molecule has 1 aromatic heterocycles. The van der Waals surface area contributed by atoms with Crippen molar-refractivity contribution in [2.24, 2.45) is 0 Å². The topological polar surface area (TPSA) is 38.9 Å². The molecule has 0 aliphatic rings. The fourth-order valence-electron chi connectivity index (χ4n) is 1.53. The zero-order valence-electron chi connectivity index (χ0n) is 8.90. The lowest BCUT2D eigenvalue weighted by Gasteiger charge is -2.10. The van der Waals surface area contributed by atoms with Gasteiger partial charge in [0.1, 0.15) is 0 Å². The third-order valence-corrected chi connectivity index (χ3v) is 3.27. The number of nitrogen functional groups attached to an aromatic ring is 1. The third-order valence-electron chi connectivity index (χ3n) is 2.18. The molecule has 78 valence electrons. The number of hydrogen-bond acceptors (Lipinski definition) is 3. The van der Waals surface area contributed by atoms with Crippen LogP contribution in [-0.2, 0) is 0 Å². The lowest BCUT2D eigenvalue weighted by atomic mass is 10.1. The molecule has 2 aromatic rings. The summed E-state index contributed by atoms with van der Waals surface area (Å²) in [5, 5.41) is 2.74. The molecule has 2 rings (SSSR count). The summed E-state index contributed by atoms with van der Waals surface area (Å²) in [6.45, 7) is 4.34. The molecule has 0 fully saturated rings. The summed E-state index contributed by atoms with van der Waals surface area (Å²) in [4.78, 5) is 5.24. The Kier molecular flexibility index (Phi) is 2.82. The van der Waals surface area contributed by atoms with Gasteiger partial charge in [0, 0.05) is 33.3 Å². The third kappa shape index (κ3) is 2.07. The van der Waals surface area contributed by atoms with Gasteiger partial charge in [-0.1, -0.05) is 19.9 Å². The Morgan fingerprint density at radius 1 is 1.27 bits per heavy atom. The number of nitrogens with zero attached hydrogens (tertiary/aromatic N) is 1. The SMILES string of the molecule is CC(C)Sc1ccc2cnccc2c1N. The van der Waals surface area contributed by atoms with Gasteiger partial charge in [0.2, 0.25) is 0 Å². The molecule has 0 aliphatic carbocycles. The maximum atomic E-state index is 6.12. The van der Waals surface area contributed by atoms with Crippen molar-refractivity contribution < 1.29 is 0 Å². The number of hydrogen-bond donors (Lipinski definition) is 1. The first-order chi connectivity index (χ1) is 7.18. The highest BCUT2D eigenvalue weighted by Crippen LogP contribution is 2.33. The van der Waals surface area contributed by atoms with E-state index in [9.17, 15) is 0 Å². The summed E-state index contributed by atoms with van der Waals surface area (Å²) in [7, 11) is 0. The molecule has 0 saturated carbocycles. The molecule has 1 aromatic carbocycles. The normalized spacial score (nSPS) is 11.1. The Morgan fingerprint density at radius 3 is 2.80 bits per heavy atom. The van der Waals surface area contributed by atoms with Crippen molar-refractivity contribution in [2.45, 2.75) is 24.0 Å². The van der Waals surface area contributed by atoms with Crippen LogP contribution >= 0.6 is 11.8 Å². The van der Waals surface area contributed by atoms with Crippen molar-refractivity contribution in [3.8, 4) is 0 Å². The van der Waals surface area contributed by atoms with Gasteiger partial charge >= 0.3 is 0 Å². The number of benzene rings is 1. The second kappa shape index (κ2) is 4.11. The molecule has 0 saturated heterocycles. The molecule has 15 heavy (non-hydrogen) atoms. The van der Waals surface area contributed by atoms with Gasteiger partial charge in [-0.15, -0.1) is 11.8 Å². The zero-order valence-corrected chi connectivity index (χ0v) is 9.71. The van der Waals surface area contributed by atoms with Crippen molar-refractivity contribution in [2.75, 3.05) is 5.73 Å². The number of aromatic nitrogens is 1. The number of pyridine rings is 1. The van der Waals surface area contributed by atoms with E-state index < -0.39 is 0 Å². The molecule has 0 aliphatic heterocycles. The maximum absolute atomic E-state index is 6.12. The van der Waals surface area contributed by atoms with Crippen LogP contribution in [0.2, 0.25) is 0 Å². The van der Waals surface area contributed by atoms with Crippen LogP contribution in [-0.4, -0.2) is 10.2 Å². The number of nitrogens with two attached hydrogens (primary N) is 1. The van der Waals surface area contributed by atoms with Crippen molar-refractivity contribution in [3.05, 3.63) is 30.6 Å². The fraction of sp³-hybridized carbons (Fsp3) is 0.250. The second-order valence-electron chi connectivity index (χ2n) is 3.74. The Bertz CT molecular complexity index is 480. The first-order valence-corrected chi connectivity index (χ1v) is 5.85. The Balaban J connectivity index is 2.55. The number of thioether (sulfide) groups is 1. The van der Waals surface area contributed by atoms with Gasteiger partial charge < -0.3 is 5.73 Å². The molecule has 1 heterocycles. The van der Waals surface area contributed by atoms with E-state index in [-0.39, 0.29) is 0 Å². The quantitative estimate of drug-likeness (QED) is 0.621. The first-order valence-electron chi connectivity index (χ1n) is 4.97. The van der Waals surface area contributed by atoms with Crippen LogP contribution in [0.5, 0.6) is 0 Å². The van der Waals surface area contributed by atoms with Crippen molar-refractivity contribution in [1.82, 2.24) is 4.98 Å². The summed E-state index contributed by atoms with van der Waals surface area (Å²) < 4.78 is 0. The summed E-state index contributed by atoms with van der Waals surface area (Å²) in [5.74, 6) is 0. The van der Waals surface area contributed by atoms with E-state index in [1.165, 1.54) is 0 Å². The smallest absolute Gasteiger partial charge is 0.0533 e. The van der Waals surface area contributed by atoms with Crippen LogP contribution in [0.4, 0.5) is 5.69 Å². The fourth-order valence-corrected chi connectivity index (χ4v) is 2.42. The van der Waals surface area contributed by atoms with Gasteiger partial charge in [-0.25, -0.2) is 0 Å². The Morgan fingerprint density at radius 2 is 2.07 bits per heavy atom. The molecule has 2 N–H and O–H groups in total. The number of rotatable bonds is 2. The van der Waals surface area contributed by atoms with Crippen LogP contribution in [0.15, 0.2) is 35.5 Å². The van der Waals surface area contributed by atoms with E-state index in [0.717, 1.165) is 21.4 Å². The minimum Gasteiger partial charge on any atom is -0.397 e. The number of fused-ring (bicyclic) bond motifs is 1. The van der Waals surface area contributed by atoms with Gasteiger partial charge in [-0.05, 0) is 12.1 Å². The van der Waals surface area contributed by atoms with Gasteiger partial charge in [-0.2, -0.15) is 0 Å². The number of anilines is 1. The van der Waals surface area contributed by atoms with E-state index in [1.807, 2.05) is 12.3 Å². The van der Waals surface area contributed by atoms with E-state index in [1.54, 1.807) is 18.0 Å². The second-order valence-corrected chi connectivity index (χ2v) is 5.36. The summed E-state index contributed by atoms with van der Waals surface area (Å²) in [5.41, 5.74) is 6.99. The molecule has 0 unspecified atom stereocenters. The predicted octanol–water partition coefficient (Wildman–Crippen LogP) is 3.32. The van der Waals surface area contributed by atoms with E-state index in [2.05, 4.69) is 31.0 Å². The highest BCUT2D eigenvalue weighted by molar-refractivity contribution is 8.00. The largest absolute Gasteiger partial charge is 0.397 e. The predicted molar refractivity (Wildman–Crippen MR) is 67.1 cm³/mol. The van der Waals surface area contributed by atoms with E-state index >= 15 is 0 Å². The summed E-state index contributed by atoms with van der Waals surface area (Å²) in [6.07, 6.45) is 3.62. The average Bonchev–Trinajstić information content (AvgIpc) is 2.22. The molecule has 2 nitrogen and oxygen atoms in total. The molecule has 0 spiro atoms. The van der Waals surface area contributed by atoms with Crippen LogP contribution in [0, 0.1) is 0 Å². The van der Waals surface area contributed by atoms with E-state index in [0.29, 0.717) is 5.25 Å². The van der Waals surface area contributed by atoms with Crippen molar-refractivity contribution >= 4 is 28.2 Å². The molecule has 0 radical (unpaired) electrons. The average molecular weight is 218 g/mol. The van der Waals surface area contributed by atoms with Crippen molar-refractivity contribution in [3.63, 3.8) is 0 Å². The molecular formula is C12H14N2S. The standard InChI is InChI=1S/C12H14N2S/c1-8(2)15-11-4-3-9-7-14-6-5-10(9)12(11)13/h3-8H,13H2,1-2H3. The highest BCUT2D eigenvalue weighted by Gasteiger charge is 2.06. The van der Waals surface area contributed by atoms with Crippen LogP contribution in [0.1, 0.15) is 13.8 Å². The molecule has 0 amide bonds. The van der Waals surface area contributed by atoms with E-state index in [4.69, 9.17) is 5.73 Å². The molecule has 3 heteroatoms. The lowest BCUT2D eigenvalue weighted by molar-refractivity contribution is 1.11. The molecule has 0 atom stereocenters. The van der Waals surface area contributed by atoms with Crippen LogP contribution < -0.4 is 5.73 Å². The summed E-state index contributed by atoms with van der Waals surface area (Å²) >= 11 is 1.79. The monoisotopic (exact) mass is 218 g/mol. The van der Waals surface area contributed by atoms with Crippen LogP contribution in [0.3, 0.4) is 0 Å².